The average molecular weight is 261 g/mol. The second kappa shape index (κ2) is 6.04. The van der Waals surface area contributed by atoms with Gasteiger partial charge in [-0.1, -0.05) is 37.8 Å². The molecule has 2 fully saturated rings. The molecule has 0 aliphatic heterocycles. The first-order valence-corrected chi connectivity index (χ1v) is 7.80. The molecule has 19 heavy (non-hydrogen) atoms. The zero-order chi connectivity index (χ0) is 13.1. The molecule has 2 saturated carbocycles. The van der Waals surface area contributed by atoms with Crippen LogP contribution in [0.3, 0.4) is 0 Å². The Labute approximate surface area is 115 Å². The average Bonchev–Trinajstić information content (AvgIpc) is 2.85. The molecule has 2 aliphatic carbocycles. The Morgan fingerprint density at radius 2 is 1.95 bits per heavy atom. The smallest absolute Gasteiger partial charge is 0.123 e. The number of nitrogens with one attached hydrogen (secondary N) is 1. The highest BCUT2D eigenvalue weighted by atomic mass is 19.1. The summed E-state index contributed by atoms with van der Waals surface area (Å²) in [7, 11) is 0. The molecule has 0 spiro atoms. The fourth-order valence-electron chi connectivity index (χ4n) is 3.61. The van der Waals surface area contributed by atoms with Crippen LogP contribution in [0.15, 0.2) is 24.3 Å². The van der Waals surface area contributed by atoms with Crippen molar-refractivity contribution >= 4 is 0 Å². The molecule has 3 rings (SSSR count). The minimum atomic E-state index is -0.102. The zero-order valence-corrected chi connectivity index (χ0v) is 11.6. The van der Waals surface area contributed by atoms with Crippen LogP contribution < -0.4 is 5.32 Å². The molecule has 0 atom stereocenters. The van der Waals surface area contributed by atoms with Crippen LogP contribution >= 0.6 is 0 Å². The Morgan fingerprint density at radius 1 is 1.16 bits per heavy atom. The molecule has 1 aromatic carbocycles. The van der Waals surface area contributed by atoms with Gasteiger partial charge in [-0.25, -0.2) is 4.39 Å². The Morgan fingerprint density at radius 3 is 2.68 bits per heavy atom. The molecule has 0 unspecified atom stereocenters. The van der Waals surface area contributed by atoms with E-state index in [1.54, 1.807) is 6.07 Å². The largest absolute Gasteiger partial charge is 0.314 e. The van der Waals surface area contributed by atoms with E-state index in [-0.39, 0.29) is 5.82 Å². The third-order valence-electron chi connectivity index (χ3n) is 4.92. The van der Waals surface area contributed by atoms with E-state index in [2.05, 4.69) is 11.4 Å². The quantitative estimate of drug-likeness (QED) is 0.836. The lowest BCUT2D eigenvalue weighted by Gasteiger charge is -2.36. The van der Waals surface area contributed by atoms with Gasteiger partial charge in [0.1, 0.15) is 5.82 Å². The maximum Gasteiger partial charge on any atom is 0.123 e. The van der Waals surface area contributed by atoms with Gasteiger partial charge in [0.2, 0.25) is 0 Å². The molecule has 104 valence electrons. The molecule has 0 bridgehead atoms. The lowest BCUT2D eigenvalue weighted by molar-refractivity contribution is 0.283. The number of hydrogen-bond donors (Lipinski definition) is 1. The molecule has 0 amide bonds. The highest BCUT2D eigenvalue weighted by Crippen LogP contribution is 2.37. The van der Waals surface area contributed by atoms with Crippen LogP contribution in [0.4, 0.5) is 4.39 Å². The fourth-order valence-corrected chi connectivity index (χ4v) is 3.61. The molecule has 0 saturated heterocycles. The van der Waals surface area contributed by atoms with Crippen LogP contribution in [0.25, 0.3) is 0 Å². The maximum atomic E-state index is 13.1. The summed E-state index contributed by atoms with van der Waals surface area (Å²) in [6.45, 7) is 1.17. The third kappa shape index (κ3) is 3.36. The topological polar surface area (TPSA) is 12.0 Å². The van der Waals surface area contributed by atoms with Gasteiger partial charge in [0.25, 0.3) is 0 Å². The lowest BCUT2D eigenvalue weighted by Crippen LogP contribution is -2.40. The fraction of sp³-hybridized carbons (Fsp3) is 0.647. The lowest BCUT2D eigenvalue weighted by atomic mass is 9.76. The van der Waals surface area contributed by atoms with Crippen molar-refractivity contribution in [2.75, 3.05) is 6.54 Å². The van der Waals surface area contributed by atoms with Gasteiger partial charge in [0.05, 0.1) is 0 Å². The Balaban J connectivity index is 1.36. The van der Waals surface area contributed by atoms with Gasteiger partial charge in [-0.2, -0.15) is 0 Å². The van der Waals surface area contributed by atoms with Crippen LogP contribution in [0, 0.1) is 11.7 Å². The van der Waals surface area contributed by atoms with E-state index in [9.17, 15) is 4.39 Å². The van der Waals surface area contributed by atoms with Crippen LogP contribution in [0.1, 0.15) is 56.4 Å². The molecule has 2 heteroatoms. The SMILES string of the molecule is Fc1cccc(C2CC(NCCC3CCCC3)C2)c1. The summed E-state index contributed by atoms with van der Waals surface area (Å²) < 4.78 is 13.1. The van der Waals surface area contributed by atoms with Gasteiger partial charge in [-0.15, -0.1) is 0 Å². The zero-order valence-electron chi connectivity index (χ0n) is 11.6. The van der Waals surface area contributed by atoms with Gasteiger partial charge in [0, 0.05) is 6.04 Å². The van der Waals surface area contributed by atoms with Crippen molar-refractivity contribution in [1.29, 1.82) is 0 Å². The normalized spacial score (nSPS) is 27.4. The summed E-state index contributed by atoms with van der Waals surface area (Å²) >= 11 is 0. The third-order valence-corrected chi connectivity index (χ3v) is 4.92. The second-order valence-corrected chi connectivity index (χ2v) is 6.31. The molecule has 2 aliphatic rings. The summed E-state index contributed by atoms with van der Waals surface area (Å²) in [5.41, 5.74) is 1.17. The Kier molecular flexibility index (Phi) is 4.17. The predicted octanol–water partition coefficient (Wildman–Crippen LogP) is 4.24. The molecular formula is C17H24FN. The minimum absolute atomic E-state index is 0.102. The number of halogens is 1. The van der Waals surface area contributed by atoms with Crippen molar-refractivity contribution in [1.82, 2.24) is 5.32 Å². The molecule has 1 N–H and O–H groups in total. The predicted molar refractivity (Wildman–Crippen MR) is 76.7 cm³/mol. The molecule has 0 heterocycles. The van der Waals surface area contributed by atoms with Crippen molar-refractivity contribution < 1.29 is 4.39 Å². The van der Waals surface area contributed by atoms with Crippen LogP contribution in [-0.2, 0) is 0 Å². The van der Waals surface area contributed by atoms with Crippen LogP contribution in [-0.4, -0.2) is 12.6 Å². The summed E-state index contributed by atoms with van der Waals surface area (Å²) in [5.74, 6) is 1.45. The van der Waals surface area contributed by atoms with Gasteiger partial charge in [-0.05, 0) is 55.3 Å². The Bertz CT molecular complexity index is 405. The highest BCUT2D eigenvalue weighted by Gasteiger charge is 2.30. The minimum Gasteiger partial charge on any atom is -0.314 e. The first kappa shape index (κ1) is 13.1. The summed E-state index contributed by atoms with van der Waals surface area (Å²) in [4.78, 5) is 0. The van der Waals surface area contributed by atoms with Crippen molar-refractivity contribution in [3.63, 3.8) is 0 Å². The Hall–Kier alpha value is -0.890. The van der Waals surface area contributed by atoms with Crippen LogP contribution in [0.5, 0.6) is 0 Å². The van der Waals surface area contributed by atoms with Crippen molar-refractivity contribution in [3.05, 3.63) is 35.6 Å². The van der Waals surface area contributed by atoms with Crippen molar-refractivity contribution in [2.24, 2.45) is 5.92 Å². The second-order valence-electron chi connectivity index (χ2n) is 6.31. The van der Waals surface area contributed by atoms with E-state index < -0.39 is 0 Å². The standard InChI is InChI=1S/C17H24FN/c18-16-7-3-6-14(10-16)15-11-17(12-15)19-9-8-13-4-1-2-5-13/h3,6-7,10,13,15,17,19H,1-2,4-5,8-9,11-12H2. The number of hydrogen-bond acceptors (Lipinski definition) is 1. The van der Waals surface area contributed by atoms with E-state index in [1.807, 2.05) is 6.07 Å². The first-order valence-electron chi connectivity index (χ1n) is 7.80. The van der Waals surface area contributed by atoms with Gasteiger partial charge < -0.3 is 5.32 Å². The summed E-state index contributed by atoms with van der Waals surface area (Å²) in [5, 5.41) is 3.67. The molecule has 1 aromatic rings. The van der Waals surface area contributed by atoms with E-state index >= 15 is 0 Å². The molecule has 0 radical (unpaired) electrons. The van der Waals surface area contributed by atoms with E-state index in [0.29, 0.717) is 12.0 Å². The van der Waals surface area contributed by atoms with E-state index in [0.717, 1.165) is 5.92 Å². The molecule has 0 aromatic heterocycles. The molecular weight excluding hydrogens is 237 g/mol. The maximum absolute atomic E-state index is 13.1. The van der Waals surface area contributed by atoms with Gasteiger partial charge >= 0.3 is 0 Å². The highest BCUT2D eigenvalue weighted by molar-refractivity contribution is 5.23. The number of benzene rings is 1. The monoisotopic (exact) mass is 261 g/mol. The first-order chi connectivity index (χ1) is 9.31. The number of rotatable bonds is 5. The van der Waals surface area contributed by atoms with Crippen molar-refractivity contribution in [3.8, 4) is 0 Å². The van der Waals surface area contributed by atoms with Crippen molar-refractivity contribution in [2.45, 2.75) is 56.9 Å². The van der Waals surface area contributed by atoms with Crippen LogP contribution in [0.2, 0.25) is 0 Å². The van der Waals surface area contributed by atoms with Gasteiger partial charge in [0.15, 0.2) is 0 Å². The van der Waals surface area contributed by atoms with Gasteiger partial charge in [-0.3, -0.25) is 0 Å². The molecule has 1 nitrogen and oxygen atoms in total. The summed E-state index contributed by atoms with van der Waals surface area (Å²) in [6, 6.07) is 7.77. The van der Waals surface area contributed by atoms with E-state index in [1.165, 1.54) is 63.1 Å². The summed E-state index contributed by atoms with van der Waals surface area (Å²) in [6.07, 6.45) is 9.46. The van der Waals surface area contributed by atoms with E-state index in [4.69, 9.17) is 0 Å².